The van der Waals surface area contributed by atoms with Gasteiger partial charge in [-0.1, -0.05) is 11.6 Å². The molecular formula is C9H9ClF2N2O2. The molecule has 0 aliphatic rings. The zero-order valence-electron chi connectivity index (χ0n) is 8.26. The maximum atomic E-state index is 13.0. The van der Waals surface area contributed by atoms with Crippen LogP contribution in [-0.2, 0) is 4.79 Å². The number of benzene rings is 1. The highest BCUT2D eigenvalue weighted by Gasteiger charge is 2.42. The second-order valence-corrected chi connectivity index (χ2v) is 3.44. The van der Waals surface area contributed by atoms with Gasteiger partial charge >= 0.3 is 12.0 Å². The van der Waals surface area contributed by atoms with Crippen LogP contribution < -0.4 is 16.0 Å². The van der Waals surface area contributed by atoms with Gasteiger partial charge in [-0.2, -0.15) is 8.78 Å². The molecule has 3 N–H and O–H groups in total. The second-order valence-electron chi connectivity index (χ2n) is 3.00. The molecule has 0 bridgehead atoms. The summed E-state index contributed by atoms with van der Waals surface area (Å²) in [5.41, 5.74) is 1.70. The minimum absolute atomic E-state index is 0.141. The molecule has 0 heterocycles. The molecule has 0 spiro atoms. The van der Waals surface area contributed by atoms with Gasteiger partial charge in [-0.3, -0.25) is 10.2 Å². The Hall–Kier alpha value is -1.40. The quantitative estimate of drug-likeness (QED) is 0.487. The number of hydrazine groups is 1. The maximum Gasteiger partial charge on any atom is 0.483 e. The molecule has 0 radical (unpaired) electrons. The molecule has 0 aliphatic carbocycles. The summed E-state index contributed by atoms with van der Waals surface area (Å²) in [6.45, 7) is 1.53. The van der Waals surface area contributed by atoms with Crippen molar-refractivity contribution in [2.45, 2.75) is 13.0 Å². The Labute approximate surface area is 95.3 Å². The fraction of sp³-hybridized carbons (Fsp3) is 0.222. The molecule has 7 heteroatoms. The first-order chi connectivity index (χ1) is 7.36. The molecule has 0 saturated heterocycles. The SMILES string of the molecule is Cc1cc(Cl)ccc1OC(F)(F)C(=O)NN. The number of alkyl halides is 2. The number of aryl methyl sites for hydroxylation is 1. The number of hydrogen-bond donors (Lipinski definition) is 2. The van der Waals surface area contributed by atoms with E-state index in [-0.39, 0.29) is 5.75 Å². The van der Waals surface area contributed by atoms with Crippen molar-refractivity contribution in [3.05, 3.63) is 28.8 Å². The number of ether oxygens (including phenoxy) is 1. The molecule has 1 rings (SSSR count). The molecule has 1 aromatic carbocycles. The average molecular weight is 251 g/mol. The lowest BCUT2D eigenvalue weighted by Gasteiger charge is -2.17. The smallest absolute Gasteiger partial charge is 0.425 e. The molecule has 0 atom stereocenters. The summed E-state index contributed by atoms with van der Waals surface area (Å²) >= 11 is 5.64. The highest BCUT2D eigenvalue weighted by Crippen LogP contribution is 2.27. The molecule has 4 nitrogen and oxygen atoms in total. The number of nitrogens with one attached hydrogen (secondary N) is 1. The Morgan fingerprint density at radius 3 is 2.69 bits per heavy atom. The van der Waals surface area contributed by atoms with E-state index in [9.17, 15) is 13.6 Å². The van der Waals surface area contributed by atoms with E-state index in [4.69, 9.17) is 11.6 Å². The number of carbonyl (C=O) groups is 1. The van der Waals surface area contributed by atoms with Crippen molar-refractivity contribution in [2.75, 3.05) is 0 Å². The van der Waals surface area contributed by atoms with Gasteiger partial charge in [0.15, 0.2) is 0 Å². The Morgan fingerprint density at radius 1 is 1.56 bits per heavy atom. The molecule has 16 heavy (non-hydrogen) atoms. The van der Waals surface area contributed by atoms with Crippen LogP contribution in [-0.4, -0.2) is 12.0 Å². The van der Waals surface area contributed by atoms with E-state index >= 15 is 0 Å². The summed E-state index contributed by atoms with van der Waals surface area (Å²) in [5, 5.41) is 0.386. The van der Waals surface area contributed by atoms with Crippen molar-refractivity contribution < 1.29 is 18.3 Å². The molecule has 1 aromatic rings. The van der Waals surface area contributed by atoms with E-state index in [2.05, 4.69) is 10.6 Å². The summed E-state index contributed by atoms with van der Waals surface area (Å²) in [5.74, 6) is 2.73. The fourth-order valence-electron chi connectivity index (χ4n) is 0.996. The number of hydrogen-bond acceptors (Lipinski definition) is 3. The Bertz CT molecular complexity index is 412. The van der Waals surface area contributed by atoms with Gasteiger partial charge in [0.25, 0.3) is 0 Å². The zero-order chi connectivity index (χ0) is 12.3. The standard InChI is InChI=1S/C9H9ClF2N2O2/c1-5-4-6(10)2-3-7(5)16-9(11,12)8(15)14-13/h2-4H,13H2,1H3,(H,14,15). The molecule has 0 saturated carbocycles. The highest BCUT2D eigenvalue weighted by molar-refractivity contribution is 6.30. The first-order valence-electron chi connectivity index (χ1n) is 4.21. The van der Waals surface area contributed by atoms with Crippen LogP contribution in [0.1, 0.15) is 5.56 Å². The van der Waals surface area contributed by atoms with Crippen molar-refractivity contribution in [1.82, 2.24) is 5.43 Å². The van der Waals surface area contributed by atoms with Crippen LogP contribution in [0.3, 0.4) is 0 Å². The first kappa shape index (κ1) is 12.7. The molecule has 0 aromatic heterocycles. The first-order valence-corrected chi connectivity index (χ1v) is 4.58. The predicted octanol–water partition coefficient (Wildman–Crippen LogP) is 1.61. The van der Waals surface area contributed by atoms with Crippen LogP contribution in [0.25, 0.3) is 0 Å². The van der Waals surface area contributed by atoms with E-state index in [1.807, 2.05) is 0 Å². The molecule has 88 valence electrons. The van der Waals surface area contributed by atoms with Crippen LogP contribution in [0.4, 0.5) is 8.78 Å². The molecule has 0 aliphatic heterocycles. The van der Waals surface area contributed by atoms with Crippen molar-refractivity contribution in [3.63, 3.8) is 0 Å². The number of halogens is 3. The number of nitrogens with two attached hydrogens (primary N) is 1. The van der Waals surface area contributed by atoms with E-state index < -0.39 is 12.0 Å². The van der Waals surface area contributed by atoms with Gasteiger partial charge in [0, 0.05) is 5.02 Å². The van der Waals surface area contributed by atoms with Crippen molar-refractivity contribution in [2.24, 2.45) is 5.84 Å². The van der Waals surface area contributed by atoms with Crippen molar-refractivity contribution in [1.29, 1.82) is 0 Å². The molecule has 1 amide bonds. The minimum Gasteiger partial charge on any atom is -0.425 e. The maximum absolute atomic E-state index is 13.0. The van der Waals surface area contributed by atoms with Gasteiger partial charge in [-0.15, -0.1) is 0 Å². The van der Waals surface area contributed by atoms with Crippen LogP contribution in [0.2, 0.25) is 5.02 Å². The Morgan fingerprint density at radius 2 is 2.19 bits per heavy atom. The van der Waals surface area contributed by atoms with Crippen LogP contribution in [0.5, 0.6) is 5.75 Å². The largest absolute Gasteiger partial charge is 0.483 e. The highest BCUT2D eigenvalue weighted by atomic mass is 35.5. The lowest BCUT2D eigenvalue weighted by molar-refractivity contribution is -0.193. The molecule has 0 fully saturated rings. The third kappa shape index (κ3) is 2.80. The summed E-state index contributed by atoms with van der Waals surface area (Å²) in [6.07, 6.45) is -4.02. The van der Waals surface area contributed by atoms with Gasteiger partial charge in [-0.05, 0) is 30.7 Å². The fourth-order valence-corrected chi connectivity index (χ4v) is 1.22. The second kappa shape index (κ2) is 4.63. The minimum atomic E-state index is -4.02. The van der Waals surface area contributed by atoms with Crippen LogP contribution >= 0.6 is 11.6 Å². The number of rotatable bonds is 3. The lowest BCUT2D eigenvalue weighted by Crippen LogP contribution is -2.47. The predicted molar refractivity (Wildman–Crippen MR) is 54.1 cm³/mol. The Balaban J connectivity index is 2.92. The monoisotopic (exact) mass is 250 g/mol. The van der Waals surface area contributed by atoms with E-state index in [0.717, 1.165) is 0 Å². The third-order valence-corrected chi connectivity index (χ3v) is 2.01. The molecular weight excluding hydrogens is 242 g/mol. The van der Waals surface area contributed by atoms with Gasteiger partial charge < -0.3 is 4.74 Å². The van der Waals surface area contributed by atoms with Crippen molar-refractivity contribution >= 4 is 17.5 Å². The number of amides is 1. The van der Waals surface area contributed by atoms with Gasteiger partial charge in [0.1, 0.15) is 5.75 Å². The van der Waals surface area contributed by atoms with E-state index in [1.165, 1.54) is 30.5 Å². The van der Waals surface area contributed by atoms with Gasteiger partial charge in [-0.25, -0.2) is 5.84 Å². The lowest BCUT2D eigenvalue weighted by atomic mass is 10.2. The van der Waals surface area contributed by atoms with E-state index in [1.54, 1.807) is 0 Å². The summed E-state index contributed by atoms with van der Waals surface area (Å²) < 4.78 is 30.3. The average Bonchev–Trinajstić information content (AvgIpc) is 2.21. The molecule has 0 unspecified atom stereocenters. The summed E-state index contributed by atoms with van der Waals surface area (Å²) in [6, 6.07) is 4.06. The third-order valence-electron chi connectivity index (χ3n) is 1.77. The summed E-state index contributed by atoms with van der Waals surface area (Å²) in [4.78, 5) is 10.7. The van der Waals surface area contributed by atoms with E-state index in [0.29, 0.717) is 10.6 Å². The Kier molecular flexibility index (Phi) is 3.66. The van der Waals surface area contributed by atoms with Crippen molar-refractivity contribution in [3.8, 4) is 5.75 Å². The van der Waals surface area contributed by atoms with Gasteiger partial charge in [0.05, 0.1) is 0 Å². The van der Waals surface area contributed by atoms with Crippen LogP contribution in [0, 0.1) is 6.92 Å². The summed E-state index contributed by atoms with van der Waals surface area (Å²) in [7, 11) is 0. The zero-order valence-corrected chi connectivity index (χ0v) is 9.02. The normalized spacial score (nSPS) is 11.1. The van der Waals surface area contributed by atoms with Gasteiger partial charge in [0.2, 0.25) is 0 Å². The topological polar surface area (TPSA) is 64.3 Å². The number of carbonyl (C=O) groups excluding carboxylic acids is 1. The van der Waals surface area contributed by atoms with Crippen LogP contribution in [0.15, 0.2) is 18.2 Å².